The molecule has 114 valence electrons. The standard InChI is InChI=1S/C17H24N2OS/c1-14(12-15-8-7-11-21-15)19(2)16(20)17(13-18)9-5-3-4-6-10-17/h7-8,11,14H,3-6,9-10,12H2,1-2H3. The lowest BCUT2D eigenvalue weighted by molar-refractivity contribution is -0.140. The largest absolute Gasteiger partial charge is 0.341 e. The second kappa shape index (κ2) is 7.09. The molecule has 1 atom stereocenters. The Labute approximate surface area is 131 Å². The highest BCUT2D eigenvalue weighted by Crippen LogP contribution is 2.36. The first-order valence-corrected chi connectivity index (χ1v) is 8.68. The Morgan fingerprint density at radius 1 is 1.43 bits per heavy atom. The quantitative estimate of drug-likeness (QED) is 0.789. The second-order valence-corrected chi connectivity index (χ2v) is 7.19. The molecule has 0 saturated heterocycles. The molecule has 1 fully saturated rings. The maximum atomic E-state index is 12.9. The highest BCUT2D eigenvalue weighted by atomic mass is 32.1. The van der Waals surface area contributed by atoms with E-state index in [-0.39, 0.29) is 11.9 Å². The average Bonchev–Trinajstić information content (AvgIpc) is 2.88. The molecular formula is C17H24N2OS. The van der Waals surface area contributed by atoms with E-state index in [1.54, 1.807) is 16.2 Å². The number of likely N-dealkylation sites (N-methyl/N-ethyl adjacent to an activating group) is 1. The van der Waals surface area contributed by atoms with Crippen LogP contribution >= 0.6 is 11.3 Å². The summed E-state index contributed by atoms with van der Waals surface area (Å²) in [5, 5.41) is 11.7. The number of carbonyl (C=O) groups excluding carboxylic acids is 1. The number of amides is 1. The van der Waals surface area contributed by atoms with Gasteiger partial charge in [-0.25, -0.2) is 0 Å². The molecule has 4 heteroatoms. The number of nitrogens with zero attached hydrogens (tertiary/aromatic N) is 2. The normalized spacial score (nSPS) is 19.3. The van der Waals surface area contributed by atoms with Crippen molar-refractivity contribution in [3.63, 3.8) is 0 Å². The van der Waals surface area contributed by atoms with Crippen molar-refractivity contribution in [2.75, 3.05) is 7.05 Å². The lowest BCUT2D eigenvalue weighted by Gasteiger charge is -2.33. The average molecular weight is 304 g/mol. The maximum Gasteiger partial charge on any atom is 0.243 e. The van der Waals surface area contributed by atoms with Gasteiger partial charge in [0.15, 0.2) is 0 Å². The zero-order chi connectivity index (χ0) is 15.3. The van der Waals surface area contributed by atoms with Gasteiger partial charge in [-0.2, -0.15) is 5.26 Å². The van der Waals surface area contributed by atoms with Gasteiger partial charge in [0.05, 0.1) is 6.07 Å². The molecule has 21 heavy (non-hydrogen) atoms. The molecule has 3 nitrogen and oxygen atoms in total. The molecule has 0 bridgehead atoms. The number of nitriles is 1. The fourth-order valence-electron chi connectivity index (χ4n) is 3.10. The molecule has 2 rings (SSSR count). The van der Waals surface area contributed by atoms with Crippen molar-refractivity contribution in [1.29, 1.82) is 5.26 Å². The summed E-state index contributed by atoms with van der Waals surface area (Å²) in [6, 6.07) is 6.63. The predicted molar refractivity (Wildman–Crippen MR) is 86.0 cm³/mol. The Morgan fingerprint density at radius 3 is 2.62 bits per heavy atom. The third-order valence-electron chi connectivity index (χ3n) is 4.64. The molecule has 0 aliphatic heterocycles. The Morgan fingerprint density at radius 2 is 2.10 bits per heavy atom. The van der Waals surface area contributed by atoms with E-state index >= 15 is 0 Å². The number of thiophene rings is 1. The van der Waals surface area contributed by atoms with Gasteiger partial charge < -0.3 is 4.90 Å². The SMILES string of the molecule is CC(Cc1cccs1)N(C)C(=O)C1(C#N)CCCCCC1. The molecule has 1 amide bonds. The van der Waals surface area contributed by atoms with Crippen molar-refractivity contribution in [3.8, 4) is 6.07 Å². The van der Waals surface area contributed by atoms with Crippen LogP contribution in [-0.4, -0.2) is 23.9 Å². The van der Waals surface area contributed by atoms with E-state index in [1.807, 2.05) is 13.1 Å². The minimum Gasteiger partial charge on any atom is -0.341 e. The summed E-state index contributed by atoms with van der Waals surface area (Å²) in [5.41, 5.74) is -0.783. The molecule has 0 radical (unpaired) electrons. The van der Waals surface area contributed by atoms with Gasteiger partial charge in [-0.3, -0.25) is 4.79 Å². The number of carbonyl (C=O) groups is 1. The Bertz CT molecular complexity index is 495. The van der Waals surface area contributed by atoms with Crippen LogP contribution in [0.3, 0.4) is 0 Å². The summed E-state index contributed by atoms with van der Waals surface area (Å²) in [7, 11) is 1.85. The molecule has 1 aliphatic rings. The van der Waals surface area contributed by atoms with Crippen LogP contribution in [0, 0.1) is 16.7 Å². The summed E-state index contributed by atoms with van der Waals surface area (Å²) in [6.07, 6.45) is 6.58. The number of hydrogen-bond acceptors (Lipinski definition) is 3. The van der Waals surface area contributed by atoms with E-state index in [0.717, 1.165) is 44.9 Å². The first-order valence-electron chi connectivity index (χ1n) is 7.80. The lowest BCUT2D eigenvalue weighted by atomic mass is 9.80. The molecule has 1 heterocycles. The molecule has 1 unspecified atom stereocenters. The van der Waals surface area contributed by atoms with Crippen molar-refractivity contribution in [2.24, 2.45) is 5.41 Å². The van der Waals surface area contributed by atoms with Gasteiger partial charge in [-0.15, -0.1) is 11.3 Å². The highest BCUT2D eigenvalue weighted by molar-refractivity contribution is 7.09. The molecular weight excluding hydrogens is 280 g/mol. The van der Waals surface area contributed by atoms with Crippen LogP contribution in [0.15, 0.2) is 17.5 Å². The van der Waals surface area contributed by atoms with Crippen molar-refractivity contribution in [3.05, 3.63) is 22.4 Å². The molecule has 1 aliphatic carbocycles. The first kappa shape index (κ1) is 16.0. The van der Waals surface area contributed by atoms with Crippen molar-refractivity contribution >= 4 is 17.2 Å². The van der Waals surface area contributed by atoms with Gasteiger partial charge in [0.1, 0.15) is 5.41 Å². The third-order valence-corrected chi connectivity index (χ3v) is 5.54. The van der Waals surface area contributed by atoms with Crippen LogP contribution < -0.4 is 0 Å². The van der Waals surface area contributed by atoms with Crippen LogP contribution in [0.2, 0.25) is 0 Å². The monoisotopic (exact) mass is 304 g/mol. The fourth-order valence-corrected chi connectivity index (χ4v) is 3.93. The Kier molecular flexibility index (Phi) is 5.41. The van der Waals surface area contributed by atoms with E-state index in [2.05, 4.69) is 24.4 Å². The van der Waals surface area contributed by atoms with E-state index in [0.29, 0.717) is 0 Å². The van der Waals surface area contributed by atoms with E-state index in [9.17, 15) is 10.1 Å². The maximum absolute atomic E-state index is 12.9. The van der Waals surface area contributed by atoms with Gasteiger partial charge in [0.2, 0.25) is 5.91 Å². The third kappa shape index (κ3) is 3.65. The molecule has 1 aromatic heterocycles. The van der Waals surface area contributed by atoms with Crippen LogP contribution in [0.4, 0.5) is 0 Å². The molecule has 1 aromatic rings. The van der Waals surface area contributed by atoms with Crippen molar-refractivity contribution < 1.29 is 4.79 Å². The topological polar surface area (TPSA) is 44.1 Å². The van der Waals surface area contributed by atoms with Gasteiger partial charge in [0, 0.05) is 24.4 Å². The lowest BCUT2D eigenvalue weighted by Crippen LogP contribution is -2.45. The van der Waals surface area contributed by atoms with E-state index < -0.39 is 5.41 Å². The number of rotatable bonds is 4. The minimum absolute atomic E-state index is 0.0240. The highest BCUT2D eigenvalue weighted by Gasteiger charge is 2.41. The summed E-state index contributed by atoms with van der Waals surface area (Å²) in [6.45, 7) is 2.07. The Hall–Kier alpha value is -1.34. The Balaban J connectivity index is 2.07. The zero-order valence-corrected chi connectivity index (χ0v) is 13.8. The van der Waals surface area contributed by atoms with Gasteiger partial charge in [0.25, 0.3) is 0 Å². The zero-order valence-electron chi connectivity index (χ0n) is 13.0. The van der Waals surface area contributed by atoms with Gasteiger partial charge in [-0.05, 0) is 31.2 Å². The number of hydrogen-bond donors (Lipinski definition) is 0. The fraction of sp³-hybridized carbons (Fsp3) is 0.647. The van der Waals surface area contributed by atoms with Gasteiger partial charge in [-0.1, -0.05) is 31.7 Å². The molecule has 0 aromatic carbocycles. The summed E-state index contributed by atoms with van der Waals surface area (Å²) >= 11 is 1.72. The summed E-state index contributed by atoms with van der Waals surface area (Å²) in [5.74, 6) is 0.0240. The van der Waals surface area contributed by atoms with Gasteiger partial charge >= 0.3 is 0 Å². The van der Waals surface area contributed by atoms with Crippen molar-refractivity contribution in [1.82, 2.24) is 4.90 Å². The predicted octanol–water partition coefficient (Wildman–Crippen LogP) is 4.00. The van der Waals surface area contributed by atoms with Crippen LogP contribution in [0.25, 0.3) is 0 Å². The van der Waals surface area contributed by atoms with Crippen molar-refractivity contribution in [2.45, 2.75) is 57.9 Å². The summed E-state index contributed by atoms with van der Waals surface area (Å²) < 4.78 is 0. The molecule has 0 N–H and O–H groups in total. The smallest absolute Gasteiger partial charge is 0.243 e. The van der Waals surface area contributed by atoms with E-state index in [4.69, 9.17) is 0 Å². The minimum atomic E-state index is -0.783. The second-order valence-electron chi connectivity index (χ2n) is 6.16. The molecule has 1 saturated carbocycles. The van der Waals surface area contributed by atoms with Crippen LogP contribution in [0.1, 0.15) is 50.3 Å². The van der Waals surface area contributed by atoms with Crippen LogP contribution in [-0.2, 0) is 11.2 Å². The summed E-state index contributed by atoms with van der Waals surface area (Å²) in [4.78, 5) is 16.0. The first-order chi connectivity index (χ1) is 10.1. The van der Waals surface area contributed by atoms with Crippen LogP contribution in [0.5, 0.6) is 0 Å². The molecule has 0 spiro atoms. The van der Waals surface area contributed by atoms with E-state index in [1.165, 1.54) is 4.88 Å².